The van der Waals surface area contributed by atoms with E-state index in [1.165, 1.54) is 0 Å². The van der Waals surface area contributed by atoms with Gasteiger partial charge in [-0.15, -0.1) is 0 Å². The maximum absolute atomic E-state index is 12.8. The van der Waals surface area contributed by atoms with Crippen LogP contribution in [0.15, 0.2) is 18.2 Å². The number of rotatable bonds is 4. The van der Waals surface area contributed by atoms with Crippen LogP contribution in [-0.4, -0.2) is 22.7 Å². The van der Waals surface area contributed by atoms with E-state index in [9.17, 15) is 23.1 Å². The molecule has 0 unspecified atom stereocenters. The van der Waals surface area contributed by atoms with E-state index in [1.54, 1.807) is 6.07 Å². The minimum absolute atomic E-state index is 0.0722. The third-order valence-corrected chi connectivity index (χ3v) is 3.34. The van der Waals surface area contributed by atoms with Gasteiger partial charge >= 0.3 is 12.1 Å². The third-order valence-electron chi connectivity index (χ3n) is 3.34. The summed E-state index contributed by atoms with van der Waals surface area (Å²) in [4.78, 5) is 15.6. The van der Waals surface area contributed by atoms with Gasteiger partial charge in [0.25, 0.3) is 0 Å². The zero-order valence-electron chi connectivity index (χ0n) is 12.6. The summed E-state index contributed by atoms with van der Waals surface area (Å²) in [7, 11) is 0. The number of fused-ring (bicyclic) bond motifs is 1. The summed E-state index contributed by atoms with van der Waals surface area (Å²) in [5, 5.41) is 19.0. The zero-order chi connectivity index (χ0) is 17.9. The molecule has 0 saturated heterocycles. The van der Waals surface area contributed by atoms with E-state index < -0.39 is 34.8 Å². The lowest BCUT2D eigenvalue weighted by Gasteiger charge is -2.11. The lowest BCUT2D eigenvalue weighted by Crippen LogP contribution is -2.11. The Morgan fingerprint density at radius 3 is 2.67 bits per heavy atom. The molecule has 1 aromatic heterocycles. The van der Waals surface area contributed by atoms with Crippen LogP contribution in [-0.2, 0) is 10.9 Å². The first-order valence-corrected chi connectivity index (χ1v) is 7.10. The number of aromatic hydroxyl groups is 1. The molecule has 126 valence electrons. The summed E-state index contributed by atoms with van der Waals surface area (Å²) in [6.45, 7) is 2.01. The number of carbonyl (C=O) groups excluding carboxylic acids is 1. The van der Waals surface area contributed by atoms with E-state index in [1.807, 2.05) is 6.92 Å². The Morgan fingerprint density at radius 2 is 2.08 bits per heavy atom. The number of carbonyl (C=O) groups is 1. The van der Waals surface area contributed by atoms with E-state index in [0.29, 0.717) is 12.5 Å². The quantitative estimate of drug-likeness (QED) is 0.677. The van der Waals surface area contributed by atoms with E-state index in [0.717, 1.165) is 18.6 Å². The topological polar surface area (TPSA) is 83.2 Å². The highest BCUT2D eigenvalue weighted by Crippen LogP contribution is 2.35. The van der Waals surface area contributed by atoms with Crippen molar-refractivity contribution in [2.45, 2.75) is 25.9 Å². The Balaban J connectivity index is 2.56. The van der Waals surface area contributed by atoms with Crippen LogP contribution in [0.3, 0.4) is 0 Å². The predicted molar refractivity (Wildman–Crippen MR) is 78.3 cm³/mol. The van der Waals surface area contributed by atoms with Crippen molar-refractivity contribution in [2.24, 2.45) is 0 Å². The standard InChI is InChI=1S/C16H13F3N2O3/c1-2-3-6-24-15(23)13-14(22)10-5-4-9(16(17,18)19)7-11(10)12(8-20)21-13/h4-5,7,22H,2-3,6H2,1H3. The molecule has 0 amide bonds. The molecule has 5 nitrogen and oxygen atoms in total. The highest BCUT2D eigenvalue weighted by Gasteiger charge is 2.31. The molecular weight excluding hydrogens is 325 g/mol. The summed E-state index contributed by atoms with van der Waals surface area (Å²) in [5.41, 5.74) is -1.86. The predicted octanol–water partition coefficient (Wildman–Crippen LogP) is 3.79. The number of benzene rings is 1. The average molecular weight is 338 g/mol. The number of esters is 1. The number of alkyl halides is 3. The number of pyridine rings is 1. The molecule has 0 radical (unpaired) electrons. The summed E-state index contributed by atoms with van der Waals surface area (Å²) >= 11 is 0. The molecule has 0 saturated carbocycles. The lowest BCUT2D eigenvalue weighted by atomic mass is 10.0. The molecule has 0 spiro atoms. The number of hydrogen-bond donors (Lipinski definition) is 1. The van der Waals surface area contributed by atoms with Crippen molar-refractivity contribution in [3.63, 3.8) is 0 Å². The van der Waals surface area contributed by atoms with Gasteiger partial charge in [-0.1, -0.05) is 13.3 Å². The number of ether oxygens (including phenoxy) is 1. The first kappa shape index (κ1) is 17.5. The number of unbranched alkanes of at least 4 members (excludes halogenated alkanes) is 1. The Hall–Kier alpha value is -2.82. The van der Waals surface area contributed by atoms with Crippen LogP contribution < -0.4 is 0 Å². The fraction of sp³-hybridized carbons (Fsp3) is 0.312. The van der Waals surface area contributed by atoms with Crippen LogP contribution in [0.4, 0.5) is 13.2 Å². The van der Waals surface area contributed by atoms with Crippen molar-refractivity contribution in [1.29, 1.82) is 5.26 Å². The molecule has 0 aliphatic heterocycles. The van der Waals surface area contributed by atoms with E-state index in [2.05, 4.69) is 4.98 Å². The Morgan fingerprint density at radius 1 is 1.38 bits per heavy atom. The molecule has 1 N–H and O–H groups in total. The monoisotopic (exact) mass is 338 g/mol. The van der Waals surface area contributed by atoms with Crippen molar-refractivity contribution < 1.29 is 27.8 Å². The summed E-state index contributed by atoms with van der Waals surface area (Å²) in [6.07, 6.45) is -3.21. The van der Waals surface area contributed by atoms with Crippen LogP contribution >= 0.6 is 0 Å². The first-order chi connectivity index (χ1) is 11.3. The SMILES string of the molecule is CCCCOC(=O)c1nc(C#N)c2cc(C(F)(F)F)ccc2c1O. The summed E-state index contributed by atoms with van der Waals surface area (Å²) < 4.78 is 43.3. The number of aromatic nitrogens is 1. The molecule has 1 aromatic carbocycles. The Bertz CT molecular complexity index is 826. The molecule has 2 aromatic rings. The highest BCUT2D eigenvalue weighted by molar-refractivity contribution is 6.01. The van der Waals surface area contributed by atoms with Crippen molar-refractivity contribution in [3.8, 4) is 11.8 Å². The van der Waals surface area contributed by atoms with Gasteiger partial charge in [-0.25, -0.2) is 9.78 Å². The molecule has 1 heterocycles. The van der Waals surface area contributed by atoms with Gasteiger partial charge in [0.15, 0.2) is 11.4 Å². The normalized spacial score (nSPS) is 11.3. The fourth-order valence-corrected chi connectivity index (χ4v) is 2.08. The van der Waals surface area contributed by atoms with E-state index in [4.69, 9.17) is 10.00 Å². The number of hydrogen-bond acceptors (Lipinski definition) is 5. The molecule has 0 bridgehead atoms. The summed E-state index contributed by atoms with van der Waals surface area (Å²) in [6, 6.07) is 4.11. The maximum Gasteiger partial charge on any atom is 0.416 e. The van der Waals surface area contributed by atoms with Crippen molar-refractivity contribution in [2.75, 3.05) is 6.61 Å². The second-order valence-corrected chi connectivity index (χ2v) is 5.02. The van der Waals surface area contributed by atoms with Gasteiger partial charge in [0.05, 0.1) is 12.2 Å². The van der Waals surface area contributed by atoms with E-state index >= 15 is 0 Å². The largest absolute Gasteiger partial charge is 0.505 e. The van der Waals surface area contributed by atoms with Crippen LogP contribution in [0.25, 0.3) is 10.8 Å². The van der Waals surface area contributed by atoms with E-state index in [-0.39, 0.29) is 17.4 Å². The lowest BCUT2D eigenvalue weighted by molar-refractivity contribution is -0.137. The number of nitriles is 1. The molecule has 0 fully saturated rings. The van der Waals surface area contributed by atoms with Crippen molar-refractivity contribution >= 4 is 16.7 Å². The molecule has 0 aliphatic rings. The molecule has 0 atom stereocenters. The smallest absolute Gasteiger partial charge is 0.416 e. The van der Waals surface area contributed by atoms with Crippen molar-refractivity contribution in [1.82, 2.24) is 4.98 Å². The third kappa shape index (κ3) is 3.40. The van der Waals surface area contributed by atoms with Gasteiger partial charge in [0, 0.05) is 10.8 Å². The number of halogens is 3. The first-order valence-electron chi connectivity index (χ1n) is 7.10. The highest BCUT2D eigenvalue weighted by atomic mass is 19.4. The van der Waals surface area contributed by atoms with Gasteiger partial charge in [-0.05, 0) is 24.6 Å². The fourth-order valence-electron chi connectivity index (χ4n) is 2.08. The van der Waals surface area contributed by atoms with Crippen LogP contribution in [0.5, 0.6) is 5.75 Å². The second-order valence-electron chi connectivity index (χ2n) is 5.02. The van der Waals surface area contributed by atoms with Gasteiger partial charge < -0.3 is 9.84 Å². The van der Waals surface area contributed by atoms with Crippen LogP contribution in [0.1, 0.15) is 41.5 Å². The van der Waals surface area contributed by atoms with Crippen LogP contribution in [0.2, 0.25) is 0 Å². The number of nitrogens with zero attached hydrogens (tertiary/aromatic N) is 2. The zero-order valence-corrected chi connectivity index (χ0v) is 12.6. The van der Waals surface area contributed by atoms with Gasteiger partial charge in [-0.2, -0.15) is 18.4 Å². The van der Waals surface area contributed by atoms with Gasteiger partial charge in [0.2, 0.25) is 0 Å². The molecular formula is C16H13F3N2O3. The molecule has 8 heteroatoms. The van der Waals surface area contributed by atoms with Crippen molar-refractivity contribution in [3.05, 3.63) is 35.2 Å². The second kappa shape index (κ2) is 6.74. The maximum atomic E-state index is 12.8. The molecule has 24 heavy (non-hydrogen) atoms. The Labute approximate surface area is 135 Å². The average Bonchev–Trinajstić information content (AvgIpc) is 2.54. The molecule has 0 aliphatic carbocycles. The molecule has 2 rings (SSSR count). The summed E-state index contributed by atoms with van der Waals surface area (Å²) in [5.74, 6) is -1.54. The minimum atomic E-state index is -4.60. The van der Waals surface area contributed by atoms with Gasteiger partial charge in [-0.3, -0.25) is 0 Å². The van der Waals surface area contributed by atoms with Gasteiger partial charge in [0.1, 0.15) is 11.8 Å². The van der Waals surface area contributed by atoms with Crippen LogP contribution in [0, 0.1) is 11.3 Å². The Kier molecular flexibility index (Phi) is 4.93. The minimum Gasteiger partial charge on any atom is -0.505 e.